The Morgan fingerprint density at radius 1 is 0.780 bits per heavy atom. The van der Waals surface area contributed by atoms with Gasteiger partial charge in [0.05, 0.1) is 48.7 Å². The number of benzene rings is 4. The summed E-state index contributed by atoms with van der Waals surface area (Å²) in [5, 5.41) is 8.52. The van der Waals surface area contributed by atoms with E-state index in [-0.39, 0.29) is 6.04 Å². The molecule has 0 amide bonds. The molecule has 3 heterocycles. The number of rotatable bonds is 5. The number of methoxy groups -OCH3 is 2. The maximum absolute atomic E-state index is 5.68. The van der Waals surface area contributed by atoms with Crippen LogP contribution in [0.3, 0.4) is 0 Å². The van der Waals surface area contributed by atoms with Crippen molar-refractivity contribution in [1.82, 2.24) is 9.78 Å². The smallest absolute Gasteiger partial charge is 0.179 e. The van der Waals surface area contributed by atoms with E-state index in [1.54, 1.807) is 14.2 Å². The van der Waals surface area contributed by atoms with Crippen molar-refractivity contribution in [1.29, 1.82) is 0 Å². The normalized spacial score (nSPS) is 15.2. The molecular weight excluding hydrogens is 512 g/mol. The van der Waals surface area contributed by atoms with E-state index in [0.717, 1.165) is 45.4 Å². The summed E-state index contributed by atoms with van der Waals surface area (Å²) in [5.74, 6) is 3.43. The first-order valence-electron chi connectivity index (χ1n) is 13.4. The average molecular weight is 541 g/mol. The average Bonchev–Trinajstić information content (AvgIpc) is 3.36. The molecule has 0 saturated carbocycles. The van der Waals surface area contributed by atoms with Crippen LogP contribution in [0.2, 0.25) is 0 Å². The molecule has 0 aliphatic carbocycles. The third kappa shape index (κ3) is 4.12. The van der Waals surface area contributed by atoms with Gasteiger partial charge in [0.2, 0.25) is 0 Å². The van der Waals surface area contributed by atoms with E-state index in [1.165, 1.54) is 0 Å². The largest absolute Gasteiger partial charge is 0.497 e. The van der Waals surface area contributed by atoms with Gasteiger partial charge in [-0.2, -0.15) is 5.10 Å². The number of hydrogen-bond donors (Lipinski definition) is 1. The molecule has 0 fully saturated rings. The molecule has 5 aromatic rings. The monoisotopic (exact) mass is 540 g/mol. The predicted octanol–water partition coefficient (Wildman–Crippen LogP) is 6.99. The molecule has 202 valence electrons. The molecule has 1 atom stereocenters. The van der Waals surface area contributed by atoms with Crippen molar-refractivity contribution in [2.75, 3.05) is 24.4 Å². The lowest BCUT2D eigenvalue weighted by Crippen LogP contribution is -2.46. The highest BCUT2D eigenvalue weighted by Gasteiger charge is 2.41. The number of anilines is 2. The molecule has 1 aromatic heterocycles. The van der Waals surface area contributed by atoms with Gasteiger partial charge in [-0.1, -0.05) is 60.7 Å². The topological polar surface area (TPSA) is 76.3 Å². The Morgan fingerprint density at radius 2 is 1.51 bits per heavy atom. The minimum atomic E-state index is -0.184. The highest BCUT2D eigenvalue weighted by molar-refractivity contribution is 6.51. The molecule has 2 aliphatic heterocycles. The van der Waals surface area contributed by atoms with Crippen LogP contribution in [-0.2, 0) is 0 Å². The minimum absolute atomic E-state index is 0.184. The fourth-order valence-corrected chi connectivity index (χ4v) is 5.54. The first-order valence-corrected chi connectivity index (χ1v) is 13.4. The Kier molecular flexibility index (Phi) is 6.00. The van der Waals surface area contributed by atoms with Crippen molar-refractivity contribution >= 4 is 34.6 Å². The van der Waals surface area contributed by atoms with Gasteiger partial charge in [-0.3, -0.25) is 0 Å². The molecule has 0 bridgehead atoms. The van der Waals surface area contributed by atoms with Crippen LogP contribution >= 0.6 is 0 Å². The molecule has 2 aliphatic rings. The van der Waals surface area contributed by atoms with Gasteiger partial charge in [-0.05, 0) is 48.9 Å². The molecule has 1 N–H and O–H groups in total. The molecular formula is C33H28N6O2. The number of nitrogens with one attached hydrogen (secondary N) is 1. The van der Waals surface area contributed by atoms with E-state index in [0.29, 0.717) is 23.2 Å². The van der Waals surface area contributed by atoms with Crippen molar-refractivity contribution in [3.8, 4) is 17.2 Å². The van der Waals surface area contributed by atoms with E-state index < -0.39 is 0 Å². The van der Waals surface area contributed by atoms with Crippen LogP contribution in [0.25, 0.3) is 5.69 Å². The molecule has 0 spiro atoms. The number of aliphatic imine (C=N–C) groups is 2. The standard InChI is InChI=1S/C33H28N6O2/c1-21-29-30(22-12-6-4-7-13-22)38-27-17-11-10-16-25(27)34-31(35-26-20-24(40-2)18-19-28(26)41-3)33(38)36-32(29)39(37-21)23-14-8-5-9-15-23/h4-20,30H,1-3H3,(H,34,35)/t30-/m0/s1. The third-order valence-corrected chi connectivity index (χ3v) is 7.41. The highest BCUT2D eigenvalue weighted by Crippen LogP contribution is 2.48. The molecule has 0 unspecified atom stereocenters. The molecule has 0 saturated heterocycles. The molecule has 4 aromatic carbocycles. The van der Waals surface area contributed by atoms with Crippen LogP contribution < -0.4 is 19.7 Å². The number of aromatic nitrogens is 2. The van der Waals surface area contributed by atoms with E-state index in [2.05, 4.69) is 47.5 Å². The van der Waals surface area contributed by atoms with E-state index in [4.69, 9.17) is 24.6 Å². The zero-order chi connectivity index (χ0) is 27.9. The van der Waals surface area contributed by atoms with Gasteiger partial charge in [-0.25, -0.2) is 14.7 Å². The zero-order valence-electron chi connectivity index (χ0n) is 22.9. The first kappa shape index (κ1) is 24.7. The van der Waals surface area contributed by atoms with Gasteiger partial charge in [0.15, 0.2) is 17.5 Å². The van der Waals surface area contributed by atoms with Crippen LogP contribution in [0, 0.1) is 6.92 Å². The van der Waals surface area contributed by atoms with Gasteiger partial charge in [-0.15, -0.1) is 0 Å². The first-order chi connectivity index (χ1) is 20.2. The van der Waals surface area contributed by atoms with E-state index >= 15 is 0 Å². The van der Waals surface area contributed by atoms with E-state index in [9.17, 15) is 0 Å². The molecule has 8 heteroatoms. The second-order valence-corrected chi connectivity index (χ2v) is 9.83. The van der Waals surface area contributed by atoms with Crippen molar-refractivity contribution in [3.05, 3.63) is 120 Å². The Balaban J connectivity index is 1.49. The maximum atomic E-state index is 5.68. The fourth-order valence-electron chi connectivity index (χ4n) is 5.54. The Labute approximate surface area is 238 Å². The third-order valence-electron chi connectivity index (χ3n) is 7.41. The SMILES string of the molecule is COc1ccc(OC)c(NC2=Nc3ccccc3N3C2=Nc2c(c(C)nn2-c2ccccc2)[C@@H]3c2ccccc2)c1. The molecule has 0 radical (unpaired) electrons. The number of nitrogens with zero attached hydrogens (tertiary/aromatic N) is 5. The lowest BCUT2D eigenvalue weighted by molar-refractivity contribution is 0.405. The number of hydrogen-bond acceptors (Lipinski definition) is 7. The lowest BCUT2D eigenvalue weighted by atomic mass is 9.93. The van der Waals surface area contributed by atoms with E-state index in [1.807, 2.05) is 77.5 Å². The van der Waals surface area contributed by atoms with Gasteiger partial charge >= 0.3 is 0 Å². The molecule has 7 rings (SSSR count). The number of aryl methyl sites for hydroxylation is 1. The van der Waals surface area contributed by atoms with Gasteiger partial charge in [0.25, 0.3) is 0 Å². The summed E-state index contributed by atoms with van der Waals surface area (Å²) in [4.78, 5) is 12.6. The van der Waals surface area contributed by atoms with Crippen molar-refractivity contribution in [2.24, 2.45) is 9.98 Å². The maximum Gasteiger partial charge on any atom is 0.179 e. The summed E-state index contributed by atoms with van der Waals surface area (Å²) >= 11 is 0. The summed E-state index contributed by atoms with van der Waals surface area (Å²) < 4.78 is 13.1. The summed E-state index contributed by atoms with van der Waals surface area (Å²) in [6.45, 7) is 2.05. The summed E-state index contributed by atoms with van der Waals surface area (Å²) in [7, 11) is 3.29. The second kappa shape index (κ2) is 9.98. The molecule has 41 heavy (non-hydrogen) atoms. The van der Waals surface area contributed by atoms with Gasteiger partial charge in [0, 0.05) is 11.6 Å². The van der Waals surface area contributed by atoms with Crippen molar-refractivity contribution < 1.29 is 9.47 Å². The Hall–Kier alpha value is -5.37. The number of para-hydroxylation sites is 3. The van der Waals surface area contributed by atoms with Crippen LogP contribution in [-0.4, -0.2) is 35.7 Å². The lowest BCUT2D eigenvalue weighted by Gasteiger charge is -2.40. The highest BCUT2D eigenvalue weighted by atomic mass is 16.5. The summed E-state index contributed by atoms with van der Waals surface area (Å²) in [6, 6.07) is 34.2. The predicted molar refractivity (Wildman–Crippen MR) is 163 cm³/mol. The van der Waals surface area contributed by atoms with Crippen LogP contribution in [0.5, 0.6) is 11.5 Å². The quantitative estimate of drug-likeness (QED) is 0.260. The van der Waals surface area contributed by atoms with Gasteiger partial charge in [0.1, 0.15) is 11.5 Å². The van der Waals surface area contributed by atoms with Crippen molar-refractivity contribution in [3.63, 3.8) is 0 Å². The van der Waals surface area contributed by atoms with Crippen LogP contribution in [0.4, 0.5) is 22.9 Å². The Morgan fingerprint density at radius 3 is 2.27 bits per heavy atom. The Bertz CT molecular complexity index is 1810. The van der Waals surface area contributed by atoms with Crippen LogP contribution in [0.15, 0.2) is 113 Å². The fraction of sp³-hybridized carbons (Fsp3) is 0.121. The van der Waals surface area contributed by atoms with Crippen LogP contribution in [0.1, 0.15) is 22.9 Å². The van der Waals surface area contributed by atoms with Crippen molar-refractivity contribution in [2.45, 2.75) is 13.0 Å². The zero-order valence-corrected chi connectivity index (χ0v) is 22.9. The number of ether oxygens (including phenoxy) is 2. The minimum Gasteiger partial charge on any atom is -0.497 e. The second-order valence-electron chi connectivity index (χ2n) is 9.83. The summed E-state index contributed by atoms with van der Waals surface area (Å²) in [6.07, 6.45) is 0. The van der Waals surface area contributed by atoms with Gasteiger partial charge < -0.3 is 19.7 Å². The molecule has 8 nitrogen and oxygen atoms in total. The summed E-state index contributed by atoms with van der Waals surface area (Å²) in [5.41, 5.74) is 6.59. The number of amidine groups is 2. The number of fused-ring (bicyclic) bond motifs is 4.